The van der Waals surface area contributed by atoms with Gasteiger partial charge in [0.2, 0.25) is 5.91 Å². The van der Waals surface area contributed by atoms with Gasteiger partial charge < -0.3 is 10.5 Å². The number of hydrogen-bond acceptors (Lipinski definition) is 3. The Morgan fingerprint density at radius 3 is 2.26 bits per heavy atom. The van der Waals surface area contributed by atoms with Gasteiger partial charge >= 0.3 is 5.97 Å². The first-order valence-electron chi connectivity index (χ1n) is 5.80. The number of primary amides is 1. The minimum Gasteiger partial charge on any atom is -0.423 e. The number of rotatable bonds is 4. The Hall–Kier alpha value is -2.62. The molecule has 2 aromatic rings. The summed E-state index contributed by atoms with van der Waals surface area (Å²) in [5.74, 6) is -0.524. The third kappa shape index (κ3) is 3.42. The molecule has 0 aliphatic carbocycles. The van der Waals surface area contributed by atoms with Gasteiger partial charge in [-0.3, -0.25) is 4.79 Å². The molecule has 2 rings (SSSR count). The Morgan fingerprint density at radius 2 is 1.58 bits per heavy atom. The van der Waals surface area contributed by atoms with Gasteiger partial charge in [0.1, 0.15) is 5.75 Å². The molecule has 0 saturated carbocycles. The second-order valence-electron chi connectivity index (χ2n) is 4.00. The van der Waals surface area contributed by atoms with Gasteiger partial charge in [-0.15, -0.1) is 0 Å². The highest BCUT2D eigenvalue weighted by Gasteiger charge is 2.14. The molecule has 2 aromatic carbocycles. The maximum atomic E-state index is 12.0. The maximum Gasteiger partial charge on any atom is 0.343 e. The summed E-state index contributed by atoms with van der Waals surface area (Å²) in [4.78, 5) is 23.0. The van der Waals surface area contributed by atoms with E-state index in [9.17, 15) is 9.59 Å². The van der Waals surface area contributed by atoms with Gasteiger partial charge in [-0.1, -0.05) is 36.4 Å². The fourth-order valence-electron chi connectivity index (χ4n) is 1.71. The van der Waals surface area contributed by atoms with Crippen molar-refractivity contribution < 1.29 is 14.3 Å². The zero-order valence-corrected chi connectivity index (χ0v) is 10.2. The second-order valence-corrected chi connectivity index (χ2v) is 4.00. The molecule has 0 spiro atoms. The van der Waals surface area contributed by atoms with Gasteiger partial charge in [0, 0.05) is 0 Å². The van der Waals surface area contributed by atoms with Crippen LogP contribution < -0.4 is 10.5 Å². The molecule has 0 aliphatic heterocycles. The van der Waals surface area contributed by atoms with Crippen molar-refractivity contribution in [1.29, 1.82) is 0 Å². The quantitative estimate of drug-likeness (QED) is 0.670. The van der Waals surface area contributed by atoms with Crippen LogP contribution in [-0.2, 0) is 11.2 Å². The van der Waals surface area contributed by atoms with E-state index < -0.39 is 11.9 Å². The first-order chi connectivity index (χ1) is 9.16. The van der Waals surface area contributed by atoms with E-state index in [0.717, 1.165) is 0 Å². The molecule has 96 valence electrons. The van der Waals surface area contributed by atoms with Crippen molar-refractivity contribution in [2.75, 3.05) is 0 Å². The molecule has 0 aromatic heterocycles. The highest BCUT2D eigenvalue weighted by molar-refractivity contribution is 5.94. The number of para-hydroxylation sites is 1. The Labute approximate surface area is 110 Å². The summed E-state index contributed by atoms with van der Waals surface area (Å²) in [6.45, 7) is 0. The van der Waals surface area contributed by atoms with E-state index in [2.05, 4.69) is 0 Å². The lowest BCUT2D eigenvalue weighted by Crippen LogP contribution is -2.18. The largest absolute Gasteiger partial charge is 0.423 e. The highest BCUT2D eigenvalue weighted by Crippen LogP contribution is 2.15. The molecule has 0 radical (unpaired) electrons. The molecule has 0 heterocycles. The predicted molar refractivity (Wildman–Crippen MR) is 70.7 cm³/mol. The van der Waals surface area contributed by atoms with Crippen LogP contribution in [0, 0.1) is 0 Å². The molecule has 0 unspecified atom stereocenters. The van der Waals surface area contributed by atoms with Crippen molar-refractivity contribution in [3.63, 3.8) is 0 Å². The first kappa shape index (κ1) is 12.8. The summed E-state index contributed by atoms with van der Waals surface area (Å²) in [5.41, 5.74) is 6.07. The number of benzene rings is 2. The van der Waals surface area contributed by atoms with Crippen LogP contribution in [0.2, 0.25) is 0 Å². The molecule has 4 heteroatoms. The Morgan fingerprint density at radius 1 is 0.947 bits per heavy atom. The van der Waals surface area contributed by atoms with E-state index in [-0.39, 0.29) is 6.42 Å². The van der Waals surface area contributed by atoms with Crippen molar-refractivity contribution in [1.82, 2.24) is 0 Å². The molecule has 0 saturated heterocycles. The molecule has 0 atom stereocenters. The number of esters is 1. The van der Waals surface area contributed by atoms with E-state index in [1.54, 1.807) is 48.5 Å². The normalized spacial score (nSPS) is 9.89. The van der Waals surface area contributed by atoms with E-state index in [1.807, 2.05) is 6.07 Å². The van der Waals surface area contributed by atoms with Crippen LogP contribution >= 0.6 is 0 Å². The average Bonchev–Trinajstić information content (AvgIpc) is 2.39. The number of amides is 1. The molecular weight excluding hydrogens is 242 g/mol. The Kier molecular flexibility index (Phi) is 3.93. The minimum absolute atomic E-state index is 0.0140. The minimum atomic E-state index is -0.497. The molecule has 19 heavy (non-hydrogen) atoms. The summed E-state index contributed by atoms with van der Waals surface area (Å²) >= 11 is 0. The summed E-state index contributed by atoms with van der Waals surface area (Å²) in [5, 5.41) is 0. The summed E-state index contributed by atoms with van der Waals surface area (Å²) in [6, 6.07) is 15.5. The second kappa shape index (κ2) is 5.82. The molecule has 2 N–H and O–H groups in total. The third-order valence-corrected chi connectivity index (χ3v) is 2.56. The number of nitrogens with two attached hydrogens (primary N) is 1. The van der Waals surface area contributed by atoms with Gasteiger partial charge in [-0.25, -0.2) is 4.79 Å². The lowest BCUT2D eigenvalue weighted by Gasteiger charge is -2.08. The van der Waals surface area contributed by atoms with Crippen LogP contribution in [0.5, 0.6) is 5.75 Å². The fraction of sp³-hybridized carbons (Fsp3) is 0.0667. The van der Waals surface area contributed by atoms with Crippen molar-refractivity contribution in [3.05, 3.63) is 65.7 Å². The van der Waals surface area contributed by atoms with E-state index in [0.29, 0.717) is 16.9 Å². The zero-order chi connectivity index (χ0) is 13.7. The molecular formula is C15H13NO3. The number of ether oxygens (including phenoxy) is 1. The van der Waals surface area contributed by atoms with E-state index in [4.69, 9.17) is 10.5 Å². The monoisotopic (exact) mass is 255 g/mol. The van der Waals surface area contributed by atoms with Crippen molar-refractivity contribution in [3.8, 4) is 5.75 Å². The number of carbonyl (C=O) groups excluding carboxylic acids is 2. The smallest absolute Gasteiger partial charge is 0.343 e. The standard InChI is InChI=1S/C15H13NO3/c16-14(17)10-11-6-4-5-9-13(11)15(18)19-12-7-2-1-3-8-12/h1-9H,10H2,(H2,16,17). The average molecular weight is 255 g/mol. The lowest BCUT2D eigenvalue weighted by molar-refractivity contribution is -0.117. The summed E-state index contributed by atoms with van der Waals surface area (Å²) < 4.78 is 5.23. The highest BCUT2D eigenvalue weighted by atomic mass is 16.5. The molecule has 0 bridgehead atoms. The Balaban J connectivity index is 2.21. The van der Waals surface area contributed by atoms with E-state index >= 15 is 0 Å². The Bertz CT molecular complexity index is 593. The fourth-order valence-corrected chi connectivity index (χ4v) is 1.71. The van der Waals surface area contributed by atoms with Crippen molar-refractivity contribution in [2.24, 2.45) is 5.73 Å². The van der Waals surface area contributed by atoms with Crippen molar-refractivity contribution >= 4 is 11.9 Å². The van der Waals surface area contributed by atoms with Crippen molar-refractivity contribution in [2.45, 2.75) is 6.42 Å². The topological polar surface area (TPSA) is 69.4 Å². The van der Waals surface area contributed by atoms with Crippen LogP contribution in [0.15, 0.2) is 54.6 Å². The first-order valence-corrected chi connectivity index (χ1v) is 5.80. The van der Waals surface area contributed by atoms with Gasteiger partial charge in [-0.05, 0) is 23.8 Å². The van der Waals surface area contributed by atoms with Crippen LogP contribution in [0.1, 0.15) is 15.9 Å². The van der Waals surface area contributed by atoms with Crippen LogP contribution in [-0.4, -0.2) is 11.9 Å². The van der Waals surface area contributed by atoms with Crippen LogP contribution in [0.4, 0.5) is 0 Å². The zero-order valence-electron chi connectivity index (χ0n) is 10.2. The van der Waals surface area contributed by atoms with Gasteiger partial charge in [0.05, 0.1) is 12.0 Å². The molecule has 1 amide bonds. The number of hydrogen-bond donors (Lipinski definition) is 1. The summed E-state index contributed by atoms with van der Waals surface area (Å²) in [7, 11) is 0. The summed E-state index contributed by atoms with van der Waals surface area (Å²) in [6.07, 6.45) is 0.0140. The van der Waals surface area contributed by atoms with Crippen LogP contribution in [0.3, 0.4) is 0 Å². The SMILES string of the molecule is NC(=O)Cc1ccccc1C(=O)Oc1ccccc1. The van der Waals surface area contributed by atoms with Gasteiger partial charge in [0.15, 0.2) is 0 Å². The number of carbonyl (C=O) groups is 2. The predicted octanol–water partition coefficient (Wildman–Crippen LogP) is 1.93. The lowest BCUT2D eigenvalue weighted by atomic mass is 10.0. The van der Waals surface area contributed by atoms with Gasteiger partial charge in [0.25, 0.3) is 0 Å². The van der Waals surface area contributed by atoms with Crippen LogP contribution in [0.25, 0.3) is 0 Å². The molecule has 4 nitrogen and oxygen atoms in total. The molecule has 0 fully saturated rings. The van der Waals surface area contributed by atoms with Gasteiger partial charge in [-0.2, -0.15) is 0 Å². The van der Waals surface area contributed by atoms with E-state index in [1.165, 1.54) is 0 Å². The maximum absolute atomic E-state index is 12.0. The third-order valence-electron chi connectivity index (χ3n) is 2.56. The molecule has 0 aliphatic rings.